The van der Waals surface area contributed by atoms with Gasteiger partial charge in [-0.2, -0.15) is 4.68 Å². The highest BCUT2D eigenvalue weighted by atomic mass is 19.1. The Labute approximate surface area is 103 Å². The van der Waals surface area contributed by atoms with Crippen molar-refractivity contribution in [3.63, 3.8) is 0 Å². The lowest BCUT2D eigenvalue weighted by Crippen LogP contribution is -2.26. The zero-order valence-corrected chi connectivity index (χ0v) is 10.1. The molecular formula is C12H12FN5. The number of rotatable bonds is 1. The first-order chi connectivity index (χ1) is 8.57. The van der Waals surface area contributed by atoms with Gasteiger partial charge in [-0.1, -0.05) is 5.21 Å². The highest BCUT2D eigenvalue weighted by molar-refractivity contribution is 5.80. The molecule has 2 aromatic heterocycles. The van der Waals surface area contributed by atoms with Gasteiger partial charge in [-0.25, -0.2) is 9.37 Å². The summed E-state index contributed by atoms with van der Waals surface area (Å²) in [5.74, 6) is -0.233. The third kappa shape index (κ3) is 1.70. The van der Waals surface area contributed by atoms with Crippen molar-refractivity contribution in [2.24, 2.45) is 4.99 Å². The minimum absolute atomic E-state index is 0.178. The van der Waals surface area contributed by atoms with Crippen molar-refractivity contribution in [3.05, 3.63) is 35.5 Å². The lowest BCUT2D eigenvalue weighted by atomic mass is 9.96. The summed E-state index contributed by atoms with van der Waals surface area (Å²) < 4.78 is 15.2. The van der Waals surface area contributed by atoms with E-state index in [4.69, 9.17) is 0 Å². The van der Waals surface area contributed by atoms with Gasteiger partial charge in [0.05, 0.1) is 17.4 Å². The SMILES string of the molecule is CC1(C)Cc2c(nnn2-c2ncccc2F)C=N1. The molecule has 1 aliphatic rings. The number of hydrogen-bond acceptors (Lipinski definition) is 4. The molecule has 0 radical (unpaired) electrons. The van der Waals surface area contributed by atoms with Crippen molar-refractivity contribution in [2.45, 2.75) is 25.8 Å². The van der Waals surface area contributed by atoms with E-state index in [1.165, 1.54) is 16.9 Å². The van der Waals surface area contributed by atoms with Crippen LogP contribution in [0.25, 0.3) is 5.82 Å². The summed E-state index contributed by atoms with van der Waals surface area (Å²) in [6, 6.07) is 2.91. The minimum atomic E-state index is -0.412. The van der Waals surface area contributed by atoms with Crippen LogP contribution in [0.4, 0.5) is 4.39 Å². The van der Waals surface area contributed by atoms with Gasteiger partial charge < -0.3 is 0 Å². The van der Waals surface area contributed by atoms with Crippen molar-refractivity contribution in [2.75, 3.05) is 0 Å². The molecule has 6 heteroatoms. The van der Waals surface area contributed by atoms with Crippen LogP contribution in [0, 0.1) is 5.82 Å². The van der Waals surface area contributed by atoms with Crippen LogP contribution in [0.15, 0.2) is 23.3 Å². The fourth-order valence-electron chi connectivity index (χ4n) is 1.97. The molecule has 0 aliphatic carbocycles. The van der Waals surface area contributed by atoms with E-state index in [0.29, 0.717) is 12.1 Å². The van der Waals surface area contributed by atoms with Gasteiger partial charge in [0.25, 0.3) is 0 Å². The topological polar surface area (TPSA) is 56.0 Å². The first-order valence-electron chi connectivity index (χ1n) is 5.67. The summed E-state index contributed by atoms with van der Waals surface area (Å²) in [6.45, 7) is 4.02. The van der Waals surface area contributed by atoms with Crippen LogP contribution < -0.4 is 0 Å². The molecule has 0 aromatic carbocycles. The Kier molecular flexibility index (Phi) is 2.26. The van der Waals surface area contributed by atoms with Crippen LogP contribution >= 0.6 is 0 Å². The molecule has 3 rings (SSSR count). The summed E-state index contributed by atoms with van der Waals surface area (Å²) in [5.41, 5.74) is 1.30. The lowest BCUT2D eigenvalue weighted by molar-refractivity contribution is 0.496. The van der Waals surface area contributed by atoms with E-state index in [1.54, 1.807) is 12.3 Å². The number of fused-ring (bicyclic) bond motifs is 1. The van der Waals surface area contributed by atoms with E-state index in [1.807, 2.05) is 13.8 Å². The van der Waals surface area contributed by atoms with Gasteiger partial charge >= 0.3 is 0 Å². The monoisotopic (exact) mass is 245 g/mol. The molecular weight excluding hydrogens is 233 g/mol. The Morgan fingerprint density at radius 2 is 2.22 bits per heavy atom. The molecule has 18 heavy (non-hydrogen) atoms. The van der Waals surface area contributed by atoms with Crippen molar-refractivity contribution >= 4 is 6.21 Å². The van der Waals surface area contributed by atoms with Crippen molar-refractivity contribution < 1.29 is 4.39 Å². The zero-order valence-electron chi connectivity index (χ0n) is 10.1. The first kappa shape index (κ1) is 11.0. The second-order valence-corrected chi connectivity index (χ2v) is 4.89. The van der Waals surface area contributed by atoms with E-state index in [0.717, 1.165) is 5.69 Å². The fraction of sp³-hybridized carbons (Fsp3) is 0.333. The summed E-state index contributed by atoms with van der Waals surface area (Å²) in [7, 11) is 0. The molecule has 0 saturated heterocycles. The van der Waals surface area contributed by atoms with E-state index >= 15 is 0 Å². The molecule has 1 aliphatic heterocycles. The smallest absolute Gasteiger partial charge is 0.191 e. The molecule has 0 saturated carbocycles. The van der Waals surface area contributed by atoms with E-state index in [-0.39, 0.29) is 11.4 Å². The Morgan fingerprint density at radius 1 is 1.39 bits per heavy atom. The van der Waals surface area contributed by atoms with Crippen LogP contribution in [-0.2, 0) is 6.42 Å². The van der Waals surface area contributed by atoms with Crippen molar-refractivity contribution in [1.29, 1.82) is 0 Å². The highest BCUT2D eigenvalue weighted by Crippen LogP contribution is 2.24. The maximum Gasteiger partial charge on any atom is 0.191 e. The molecule has 92 valence electrons. The largest absolute Gasteiger partial charge is 0.284 e. The van der Waals surface area contributed by atoms with Gasteiger partial charge in [0.15, 0.2) is 11.6 Å². The molecule has 3 heterocycles. The number of pyridine rings is 1. The lowest BCUT2D eigenvalue weighted by Gasteiger charge is -2.23. The number of aromatic nitrogens is 4. The minimum Gasteiger partial charge on any atom is -0.284 e. The fourth-order valence-corrected chi connectivity index (χ4v) is 1.97. The molecule has 2 aromatic rings. The Hall–Kier alpha value is -2.11. The van der Waals surface area contributed by atoms with Gasteiger partial charge in [-0.3, -0.25) is 4.99 Å². The molecule has 0 spiro atoms. The van der Waals surface area contributed by atoms with Gasteiger partial charge in [-0.15, -0.1) is 5.10 Å². The van der Waals surface area contributed by atoms with Gasteiger partial charge in [0.1, 0.15) is 5.69 Å². The molecule has 0 unspecified atom stereocenters. The van der Waals surface area contributed by atoms with Crippen LogP contribution in [0.2, 0.25) is 0 Å². The summed E-state index contributed by atoms with van der Waals surface area (Å²) >= 11 is 0. The quantitative estimate of drug-likeness (QED) is 0.766. The number of nitrogens with zero attached hydrogens (tertiary/aromatic N) is 5. The average molecular weight is 245 g/mol. The summed E-state index contributed by atoms with van der Waals surface area (Å²) in [6.07, 6.45) is 3.87. The van der Waals surface area contributed by atoms with E-state index < -0.39 is 5.82 Å². The predicted molar refractivity (Wildman–Crippen MR) is 64.5 cm³/mol. The Balaban J connectivity index is 2.15. The second-order valence-electron chi connectivity index (χ2n) is 4.89. The van der Waals surface area contributed by atoms with Gasteiger partial charge in [-0.05, 0) is 26.0 Å². The number of hydrogen-bond donors (Lipinski definition) is 0. The number of halogens is 1. The molecule has 0 fully saturated rings. The van der Waals surface area contributed by atoms with Crippen LogP contribution in [-0.4, -0.2) is 31.7 Å². The molecule has 5 nitrogen and oxygen atoms in total. The van der Waals surface area contributed by atoms with E-state index in [2.05, 4.69) is 20.3 Å². The number of aliphatic imine (C=N–C) groups is 1. The molecule has 0 bridgehead atoms. The molecule has 0 amide bonds. The summed E-state index contributed by atoms with van der Waals surface area (Å²) in [5, 5.41) is 7.96. The maximum atomic E-state index is 13.7. The van der Waals surface area contributed by atoms with E-state index in [9.17, 15) is 4.39 Å². The van der Waals surface area contributed by atoms with Crippen LogP contribution in [0.1, 0.15) is 25.2 Å². The average Bonchev–Trinajstić information content (AvgIpc) is 2.71. The summed E-state index contributed by atoms with van der Waals surface area (Å²) in [4.78, 5) is 8.40. The van der Waals surface area contributed by atoms with Crippen molar-refractivity contribution in [3.8, 4) is 5.82 Å². The highest BCUT2D eigenvalue weighted by Gasteiger charge is 2.27. The normalized spacial score (nSPS) is 16.6. The van der Waals surface area contributed by atoms with Gasteiger partial charge in [0.2, 0.25) is 0 Å². The van der Waals surface area contributed by atoms with Gasteiger partial charge in [0, 0.05) is 12.6 Å². The Bertz CT molecular complexity index is 629. The van der Waals surface area contributed by atoms with Crippen LogP contribution in [0.3, 0.4) is 0 Å². The third-order valence-electron chi connectivity index (χ3n) is 2.87. The standard InChI is InChI=1S/C12H12FN5/c1-12(2)6-10-9(7-15-12)16-17-18(10)11-8(13)4-3-5-14-11/h3-5,7H,6H2,1-2H3. The van der Waals surface area contributed by atoms with Crippen molar-refractivity contribution in [1.82, 2.24) is 20.0 Å². The van der Waals surface area contributed by atoms with Crippen LogP contribution in [0.5, 0.6) is 0 Å². The molecule has 0 atom stereocenters. The predicted octanol–water partition coefficient (Wildman–Crippen LogP) is 1.55. The third-order valence-corrected chi connectivity index (χ3v) is 2.87. The zero-order chi connectivity index (χ0) is 12.8. The second kappa shape index (κ2) is 3.69. The molecule has 0 N–H and O–H groups in total. The Morgan fingerprint density at radius 3 is 3.00 bits per heavy atom. The first-order valence-corrected chi connectivity index (χ1v) is 5.67. The maximum absolute atomic E-state index is 13.7.